The average molecular weight is 215 g/mol. The number of nitrogens with two attached hydrogens (primary N) is 1. The van der Waals surface area contributed by atoms with E-state index in [4.69, 9.17) is 5.73 Å². The lowest BCUT2D eigenvalue weighted by molar-refractivity contribution is 0.825. The van der Waals surface area contributed by atoms with Crippen LogP contribution in [0.15, 0.2) is 29.3 Å². The van der Waals surface area contributed by atoms with Gasteiger partial charge in [-0.3, -0.25) is 0 Å². The molecule has 1 aromatic carbocycles. The molecule has 2 saturated carbocycles. The number of hydrogen-bond donors (Lipinski definition) is 2. The fourth-order valence-electron chi connectivity index (χ4n) is 2.28. The van der Waals surface area contributed by atoms with Gasteiger partial charge in [-0.05, 0) is 49.3 Å². The van der Waals surface area contributed by atoms with Gasteiger partial charge in [0.05, 0.1) is 6.04 Å². The average Bonchev–Trinajstić information content (AvgIpc) is 3.09. The van der Waals surface area contributed by atoms with Crippen LogP contribution in [-0.4, -0.2) is 12.0 Å². The van der Waals surface area contributed by atoms with E-state index in [1.165, 1.54) is 24.8 Å². The molecule has 1 aromatic rings. The van der Waals surface area contributed by atoms with Crippen LogP contribution in [0, 0.1) is 12.3 Å². The second kappa shape index (κ2) is 3.24. The van der Waals surface area contributed by atoms with E-state index in [1.807, 2.05) is 12.1 Å². The molecule has 1 spiro atoms. The van der Waals surface area contributed by atoms with Crippen molar-refractivity contribution in [1.29, 1.82) is 0 Å². The number of benzene rings is 1. The van der Waals surface area contributed by atoms with Crippen LogP contribution in [0.1, 0.15) is 24.8 Å². The predicted molar refractivity (Wildman–Crippen MR) is 66.5 cm³/mol. The van der Waals surface area contributed by atoms with E-state index in [0.717, 1.165) is 5.69 Å². The van der Waals surface area contributed by atoms with Crippen molar-refractivity contribution >= 4 is 11.6 Å². The van der Waals surface area contributed by atoms with Gasteiger partial charge in [0.1, 0.15) is 0 Å². The third kappa shape index (κ3) is 1.77. The maximum Gasteiger partial charge on any atom is 0.193 e. The van der Waals surface area contributed by atoms with Gasteiger partial charge in [-0.25, -0.2) is 4.99 Å². The molecule has 1 atom stereocenters. The minimum Gasteiger partial charge on any atom is -0.370 e. The van der Waals surface area contributed by atoms with Gasteiger partial charge >= 0.3 is 0 Å². The van der Waals surface area contributed by atoms with Crippen LogP contribution in [0.2, 0.25) is 0 Å². The molecule has 0 heterocycles. The molecular formula is C13H17N3. The summed E-state index contributed by atoms with van der Waals surface area (Å²) in [5.74, 6) is 0.555. The molecule has 84 valence electrons. The quantitative estimate of drug-likeness (QED) is 0.587. The highest BCUT2D eigenvalue weighted by Gasteiger charge is 2.63. The Bertz CT molecular complexity index is 446. The molecule has 0 saturated heterocycles. The lowest BCUT2D eigenvalue weighted by atomic mass is 10.2. The summed E-state index contributed by atoms with van der Waals surface area (Å²) in [5, 5.41) is 3.15. The molecule has 0 aromatic heterocycles. The van der Waals surface area contributed by atoms with E-state index in [-0.39, 0.29) is 0 Å². The zero-order chi connectivity index (χ0) is 11.2. The molecular weight excluding hydrogens is 198 g/mol. The number of guanidine groups is 1. The van der Waals surface area contributed by atoms with E-state index in [2.05, 4.69) is 29.4 Å². The van der Waals surface area contributed by atoms with Gasteiger partial charge in [0.2, 0.25) is 0 Å². The van der Waals surface area contributed by atoms with E-state index in [1.54, 1.807) is 0 Å². The fraction of sp³-hybridized carbons (Fsp3) is 0.462. The molecule has 0 amide bonds. The smallest absolute Gasteiger partial charge is 0.193 e. The second-order valence-corrected chi connectivity index (χ2v) is 5.09. The van der Waals surface area contributed by atoms with Crippen molar-refractivity contribution in [1.82, 2.24) is 0 Å². The van der Waals surface area contributed by atoms with Gasteiger partial charge in [0, 0.05) is 5.69 Å². The first-order valence-corrected chi connectivity index (χ1v) is 5.85. The number of rotatable bonds is 2. The Balaban J connectivity index is 1.65. The molecule has 3 rings (SSSR count). The zero-order valence-corrected chi connectivity index (χ0v) is 9.53. The van der Waals surface area contributed by atoms with Crippen LogP contribution < -0.4 is 11.1 Å². The Morgan fingerprint density at radius 3 is 2.94 bits per heavy atom. The topological polar surface area (TPSA) is 50.4 Å². The molecule has 3 nitrogen and oxygen atoms in total. The lowest BCUT2D eigenvalue weighted by Crippen LogP contribution is -2.23. The molecule has 0 bridgehead atoms. The van der Waals surface area contributed by atoms with Gasteiger partial charge in [0.25, 0.3) is 0 Å². The summed E-state index contributed by atoms with van der Waals surface area (Å²) in [6.07, 6.45) is 3.93. The standard InChI is InChI=1S/C13H17N3/c1-9-3-2-4-10(7-9)15-12(14)16-11-8-13(11)5-6-13/h2-4,7,11H,5-6,8H2,1H3,(H3,14,15,16). The summed E-state index contributed by atoms with van der Waals surface area (Å²) >= 11 is 0. The molecule has 2 fully saturated rings. The zero-order valence-electron chi connectivity index (χ0n) is 9.53. The van der Waals surface area contributed by atoms with Crippen molar-refractivity contribution in [3.63, 3.8) is 0 Å². The molecule has 3 heteroatoms. The molecule has 2 aliphatic carbocycles. The summed E-state index contributed by atoms with van der Waals surface area (Å²) in [7, 11) is 0. The first kappa shape index (κ1) is 9.70. The van der Waals surface area contributed by atoms with Crippen molar-refractivity contribution in [2.24, 2.45) is 16.1 Å². The molecule has 1 unspecified atom stereocenters. The summed E-state index contributed by atoms with van der Waals surface area (Å²) in [6.45, 7) is 2.07. The summed E-state index contributed by atoms with van der Waals surface area (Å²) in [4.78, 5) is 4.51. The van der Waals surface area contributed by atoms with Crippen LogP contribution in [0.5, 0.6) is 0 Å². The fourth-order valence-corrected chi connectivity index (χ4v) is 2.28. The minimum atomic E-state index is 0.491. The molecule has 0 radical (unpaired) electrons. The normalized spacial score (nSPS) is 25.6. The monoisotopic (exact) mass is 215 g/mol. The first-order valence-electron chi connectivity index (χ1n) is 5.85. The molecule has 16 heavy (non-hydrogen) atoms. The Kier molecular flexibility index (Phi) is 1.96. The van der Waals surface area contributed by atoms with Crippen molar-refractivity contribution in [3.05, 3.63) is 29.8 Å². The van der Waals surface area contributed by atoms with E-state index < -0.39 is 0 Å². The number of aryl methyl sites for hydroxylation is 1. The summed E-state index contributed by atoms with van der Waals surface area (Å²) in [5.41, 5.74) is 8.71. The van der Waals surface area contributed by atoms with Crippen molar-refractivity contribution in [2.75, 3.05) is 5.32 Å². The van der Waals surface area contributed by atoms with Crippen LogP contribution >= 0.6 is 0 Å². The summed E-state index contributed by atoms with van der Waals surface area (Å²) < 4.78 is 0. The third-order valence-corrected chi connectivity index (χ3v) is 3.62. The van der Waals surface area contributed by atoms with Crippen molar-refractivity contribution < 1.29 is 0 Å². The predicted octanol–water partition coefficient (Wildman–Crippen LogP) is 2.27. The van der Waals surface area contributed by atoms with Gasteiger partial charge < -0.3 is 11.1 Å². The highest BCUT2D eigenvalue weighted by atomic mass is 15.1. The van der Waals surface area contributed by atoms with E-state index in [9.17, 15) is 0 Å². The van der Waals surface area contributed by atoms with Crippen LogP contribution in [0.3, 0.4) is 0 Å². The van der Waals surface area contributed by atoms with E-state index in [0.29, 0.717) is 17.4 Å². The number of anilines is 1. The van der Waals surface area contributed by atoms with Crippen molar-refractivity contribution in [3.8, 4) is 0 Å². The van der Waals surface area contributed by atoms with Gasteiger partial charge in [-0.15, -0.1) is 0 Å². The highest BCUT2D eigenvalue weighted by molar-refractivity contribution is 5.92. The third-order valence-electron chi connectivity index (χ3n) is 3.62. The Labute approximate surface area is 95.8 Å². The summed E-state index contributed by atoms with van der Waals surface area (Å²) in [6, 6.07) is 8.66. The maximum atomic E-state index is 5.88. The molecule has 0 aliphatic heterocycles. The number of aliphatic imine (C=N–C) groups is 1. The molecule has 3 N–H and O–H groups in total. The minimum absolute atomic E-state index is 0.491. The van der Waals surface area contributed by atoms with Gasteiger partial charge in [-0.2, -0.15) is 0 Å². The number of nitrogens with one attached hydrogen (secondary N) is 1. The number of nitrogens with zero attached hydrogens (tertiary/aromatic N) is 1. The SMILES string of the molecule is Cc1cccc(NC(N)=NC2CC23CC3)c1. The van der Waals surface area contributed by atoms with E-state index >= 15 is 0 Å². The van der Waals surface area contributed by atoms with Gasteiger partial charge in [-0.1, -0.05) is 12.1 Å². The lowest BCUT2D eigenvalue weighted by Gasteiger charge is -2.05. The van der Waals surface area contributed by atoms with Crippen LogP contribution in [0.4, 0.5) is 5.69 Å². The Morgan fingerprint density at radius 2 is 2.31 bits per heavy atom. The second-order valence-electron chi connectivity index (χ2n) is 5.09. The molecule has 2 aliphatic rings. The Morgan fingerprint density at radius 1 is 1.50 bits per heavy atom. The first-order chi connectivity index (χ1) is 7.68. The van der Waals surface area contributed by atoms with Gasteiger partial charge in [0.15, 0.2) is 5.96 Å². The highest BCUT2D eigenvalue weighted by Crippen LogP contribution is 2.67. The number of hydrogen-bond acceptors (Lipinski definition) is 1. The maximum absolute atomic E-state index is 5.88. The largest absolute Gasteiger partial charge is 0.370 e. The Hall–Kier alpha value is -1.51. The van der Waals surface area contributed by atoms with Crippen LogP contribution in [0.25, 0.3) is 0 Å². The van der Waals surface area contributed by atoms with Crippen molar-refractivity contribution in [2.45, 2.75) is 32.2 Å². The van der Waals surface area contributed by atoms with Crippen LogP contribution in [-0.2, 0) is 0 Å².